The third-order valence-corrected chi connectivity index (χ3v) is 10.8. The molecule has 1 aliphatic rings. The highest BCUT2D eigenvalue weighted by Crippen LogP contribution is 2.36. The van der Waals surface area contributed by atoms with Gasteiger partial charge in [-0.25, -0.2) is 43.1 Å². The molecular weight excluding hydrogens is 598 g/mol. The molecule has 1 heterocycles. The Kier molecular flexibility index (Phi) is 8.01. The van der Waals surface area contributed by atoms with E-state index < -0.39 is 99.9 Å². The van der Waals surface area contributed by atoms with Gasteiger partial charge in [0.1, 0.15) is 27.1 Å². The number of sulfone groups is 1. The SMILES string of the molecule is O=S(=O)(c1cc(Cl)ccc1S(=O)(=O)N1CCC(F)(CNS(=O)(=O)C(F)(F)F)CC1)c1c(F)cccc1F. The molecule has 0 aliphatic carbocycles. The van der Waals surface area contributed by atoms with Gasteiger partial charge in [0.2, 0.25) is 19.9 Å². The molecule has 0 aromatic heterocycles. The van der Waals surface area contributed by atoms with Crippen LogP contribution in [0.25, 0.3) is 0 Å². The number of nitrogens with one attached hydrogen (secondary N) is 1. The van der Waals surface area contributed by atoms with Crippen LogP contribution in [0.5, 0.6) is 0 Å². The van der Waals surface area contributed by atoms with Crippen molar-refractivity contribution in [3.63, 3.8) is 0 Å². The van der Waals surface area contributed by atoms with Gasteiger partial charge in [0, 0.05) is 24.7 Å². The minimum Gasteiger partial charge on any atom is -0.242 e. The molecule has 0 radical (unpaired) electrons. The van der Waals surface area contributed by atoms with Crippen LogP contribution in [-0.2, 0) is 29.9 Å². The van der Waals surface area contributed by atoms with Crippen molar-refractivity contribution in [1.29, 1.82) is 0 Å². The lowest BCUT2D eigenvalue weighted by Gasteiger charge is -2.36. The lowest BCUT2D eigenvalue weighted by molar-refractivity contribution is -0.0452. The molecule has 0 amide bonds. The van der Waals surface area contributed by atoms with Crippen molar-refractivity contribution in [2.75, 3.05) is 19.6 Å². The van der Waals surface area contributed by atoms with Gasteiger partial charge in [0.25, 0.3) is 0 Å². The summed E-state index contributed by atoms with van der Waals surface area (Å²) in [6, 6.07) is 4.63. The molecule has 0 atom stereocenters. The number of hydrogen-bond acceptors (Lipinski definition) is 6. The Morgan fingerprint density at radius 3 is 1.97 bits per heavy atom. The van der Waals surface area contributed by atoms with Crippen LogP contribution in [0.2, 0.25) is 5.02 Å². The van der Waals surface area contributed by atoms with Crippen LogP contribution in [0.15, 0.2) is 51.1 Å². The normalized spacial score (nSPS) is 17.6. The standard InChI is InChI=1S/C19H17ClF6N2O6S3/c20-12-4-5-15(16(10-12)35(29,30)17-13(21)2-1-3-14(17)22)36(31,32)28-8-6-18(23,7-9-28)11-27-37(33,34)19(24,25)26/h1-5,10,27H,6-9,11H2. The number of nitrogens with zero attached hydrogens (tertiary/aromatic N) is 1. The number of benzene rings is 2. The molecule has 0 saturated carbocycles. The Hall–Kier alpha value is -1.92. The molecule has 1 fully saturated rings. The summed E-state index contributed by atoms with van der Waals surface area (Å²) in [5.41, 5.74) is -8.23. The van der Waals surface area contributed by atoms with E-state index in [0.717, 1.165) is 22.9 Å². The summed E-state index contributed by atoms with van der Waals surface area (Å²) in [7, 11) is -15.8. The van der Waals surface area contributed by atoms with E-state index in [1.54, 1.807) is 0 Å². The fraction of sp³-hybridized carbons (Fsp3) is 0.368. The number of alkyl halides is 4. The van der Waals surface area contributed by atoms with Crippen LogP contribution in [-0.4, -0.2) is 60.4 Å². The van der Waals surface area contributed by atoms with Gasteiger partial charge in [-0.1, -0.05) is 17.7 Å². The van der Waals surface area contributed by atoms with E-state index in [1.165, 1.54) is 0 Å². The topological polar surface area (TPSA) is 118 Å². The van der Waals surface area contributed by atoms with Crippen molar-refractivity contribution < 1.29 is 51.6 Å². The van der Waals surface area contributed by atoms with Gasteiger partial charge in [0.15, 0.2) is 0 Å². The molecule has 0 unspecified atom stereocenters. The van der Waals surface area contributed by atoms with Crippen molar-refractivity contribution in [2.45, 2.75) is 38.7 Å². The average Bonchev–Trinajstić information content (AvgIpc) is 2.77. The first-order chi connectivity index (χ1) is 16.8. The molecule has 0 bridgehead atoms. The number of hydrogen-bond donors (Lipinski definition) is 1. The zero-order valence-corrected chi connectivity index (χ0v) is 21.5. The van der Waals surface area contributed by atoms with E-state index in [4.69, 9.17) is 11.6 Å². The second-order valence-electron chi connectivity index (χ2n) is 7.97. The zero-order chi connectivity index (χ0) is 28.0. The maximum absolute atomic E-state index is 15.0. The van der Waals surface area contributed by atoms with Gasteiger partial charge in [0.05, 0.1) is 4.90 Å². The van der Waals surface area contributed by atoms with Crippen LogP contribution in [0, 0.1) is 11.6 Å². The van der Waals surface area contributed by atoms with E-state index >= 15 is 0 Å². The van der Waals surface area contributed by atoms with E-state index in [9.17, 15) is 51.6 Å². The Bertz CT molecular complexity index is 1500. The molecule has 206 valence electrons. The van der Waals surface area contributed by atoms with Crippen molar-refractivity contribution in [1.82, 2.24) is 9.03 Å². The van der Waals surface area contributed by atoms with Crippen LogP contribution < -0.4 is 4.72 Å². The summed E-state index contributed by atoms with van der Waals surface area (Å²) in [6.07, 6.45) is -1.49. The summed E-state index contributed by atoms with van der Waals surface area (Å²) >= 11 is 5.82. The summed E-state index contributed by atoms with van der Waals surface area (Å²) in [4.78, 5) is -3.41. The third kappa shape index (κ3) is 5.90. The molecule has 37 heavy (non-hydrogen) atoms. The van der Waals surface area contributed by atoms with Crippen LogP contribution in [0.3, 0.4) is 0 Å². The van der Waals surface area contributed by atoms with E-state index in [2.05, 4.69) is 0 Å². The van der Waals surface area contributed by atoms with E-state index in [0.29, 0.717) is 22.5 Å². The van der Waals surface area contributed by atoms with Gasteiger partial charge >= 0.3 is 15.5 Å². The van der Waals surface area contributed by atoms with Crippen molar-refractivity contribution >= 4 is 41.5 Å². The van der Waals surface area contributed by atoms with Gasteiger partial charge < -0.3 is 0 Å². The smallest absolute Gasteiger partial charge is 0.242 e. The number of piperidine rings is 1. The van der Waals surface area contributed by atoms with Gasteiger partial charge in [-0.2, -0.15) is 17.5 Å². The number of halogens is 7. The fourth-order valence-electron chi connectivity index (χ4n) is 3.50. The lowest BCUT2D eigenvalue weighted by Crippen LogP contribution is -2.51. The quantitative estimate of drug-likeness (QED) is 0.478. The van der Waals surface area contributed by atoms with Crippen LogP contribution in [0.4, 0.5) is 26.3 Å². The van der Waals surface area contributed by atoms with E-state index in [-0.39, 0.29) is 5.02 Å². The van der Waals surface area contributed by atoms with Crippen molar-refractivity contribution in [3.05, 3.63) is 53.1 Å². The van der Waals surface area contributed by atoms with Gasteiger partial charge in [-0.15, -0.1) is 0 Å². The summed E-state index contributed by atoms with van der Waals surface area (Å²) in [5.74, 6) is -2.99. The Balaban J connectivity index is 1.92. The van der Waals surface area contributed by atoms with Gasteiger partial charge in [-0.3, -0.25) is 0 Å². The maximum atomic E-state index is 15.0. The van der Waals surface area contributed by atoms with Crippen LogP contribution >= 0.6 is 11.6 Å². The second kappa shape index (κ2) is 10.00. The molecule has 8 nitrogen and oxygen atoms in total. The predicted octanol–water partition coefficient (Wildman–Crippen LogP) is 3.38. The first-order valence-electron chi connectivity index (χ1n) is 10.1. The molecule has 0 spiro atoms. The molecule has 3 rings (SSSR count). The average molecular weight is 615 g/mol. The number of sulfonamides is 2. The predicted molar refractivity (Wildman–Crippen MR) is 118 cm³/mol. The summed E-state index contributed by atoms with van der Waals surface area (Å²) < 4.78 is 158. The first kappa shape index (κ1) is 29.6. The van der Waals surface area contributed by atoms with Crippen molar-refractivity contribution in [2.24, 2.45) is 0 Å². The minimum atomic E-state index is -5.84. The molecule has 1 saturated heterocycles. The van der Waals surface area contributed by atoms with E-state index in [1.807, 2.05) is 0 Å². The summed E-state index contributed by atoms with van der Waals surface area (Å²) in [6.45, 7) is -2.64. The maximum Gasteiger partial charge on any atom is 0.511 e. The first-order valence-corrected chi connectivity index (χ1v) is 14.8. The Labute approximate surface area is 213 Å². The fourth-order valence-corrected chi connectivity index (χ4v) is 7.98. The van der Waals surface area contributed by atoms with Crippen molar-refractivity contribution in [3.8, 4) is 0 Å². The molecule has 1 N–H and O–H groups in total. The van der Waals surface area contributed by atoms with Crippen LogP contribution in [0.1, 0.15) is 12.8 Å². The minimum absolute atomic E-state index is 0.285. The highest BCUT2D eigenvalue weighted by atomic mass is 35.5. The second-order valence-corrected chi connectivity index (χ2v) is 13.9. The zero-order valence-electron chi connectivity index (χ0n) is 18.3. The van der Waals surface area contributed by atoms with Gasteiger partial charge in [-0.05, 0) is 43.2 Å². The molecular formula is C19H17ClF6N2O6S3. The Morgan fingerprint density at radius 2 is 1.46 bits per heavy atom. The largest absolute Gasteiger partial charge is 0.511 e. The molecule has 2 aromatic rings. The highest BCUT2D eigenvalue weighted by molar-refractivity contribution is 7.93. The molecule has 1 aliphatic heterocycles. The summed E-state index contributed by atoms with van der Waals surface area (Å²) in [5, 5.41) is -0.285. The lowest BCUT2D eigenvalue weighted by atomic mass is 9.95. The molecule has 2 aromatic carbocycles. The number of rotatable bonds is 7. The monoisotopic (exact) mass is 614 g/mol. The Morgan fingerprint density at radius 1 is 0.919 bits per heavy atom. The molecule has 18 heteroatoms. The third-order valence-electron chi connectivity index (χ3n) is 5.50. The highest BCUT2D eigenvalue weighted by Gasteiger charge is 2.48.